The average molecular weight is 454 g/mol. The van der Waals surface area contributed by atoms with Crippen LogP contribution in [0.2, 0.25) is 0 Å². The Morgan fingerprint density at radius 2 is 1.55 bits per heavy atom. The highest BCUT2D eigenvalue weighted by Gasteiger charge is 2.35. The second-order valence-electron chi connectivity index (χ2n) is 8.22. The van der Waals surface area contributed by atoms with E-state index in [0.717, 1.165) is 29.4 Å². The Labute approximate surface area is 191 Å². The van der Waals surface area contributed by atoms with E-state index in [9.17, 15) is 24.3 Å². The summed E-state index contributed by atoms with van der Waals surface area (Å²) in [6.07, 6.45) is -1.37. The highest BCUT2D eigenvalue weighted by Crippen LogP contribution is 2.44. The van der Waals surface area contributed by atoms with Gasteiger partial charge in [-0.25, -0.2) is 9.59 Å². The fourth-order valence-corrected chi connectivity index (χ4v) is 3.74. The van der Waals surface area contributed by atoms with Crippen LogP contribution in [0, 0.1) is 0 Å². The summed E-state index contributed by atoms with van der Waals surface area (Å²) in [5.41, 5.74) is 2.79. The molecular formula is C24H26N2O7. The minimum atomic E-state index is -1.49. The maximum absolute atomic E-state index is 12.6. The molecule has 2 aromatic rings. The Kier molecular flexibility index (Phi) is 7.01. The van der Waals surface area contributed by atoms with Gasteiger partial charge in [-0.3, -0.25) is 9.59 Å². The molecule has 9 heteroatoms. The van der Waals surface area contributed by atoms with Crippen LogP contribution in [-0.4, -0.2) is 54.3 Å². The maximum Gasteiger partial charge on any atom is 0.408 e. The lowest BCUT2D eigenvalue weighted by molar-refractivity contribution is -0.149. The Morgan fingerprint density at radius 3 is 2.06 bits per heavy atom. The number of carbonyl (C=O) groups excluding carboxylic acids is 3. The van der Waals surface area contributed by atoms with Crippen molar-refractivity contribution in [2.24, 2.45) is 0 Å². The minimum absolute atomic E-state index is 0.0671. The van der Waals surface area contributed by atoms with Gasteiger partial charge in [0.2, 0.25) is 5.91 Å². The highest BCUT2D eigenvalue weighted by atomic mass is 16.5. The molecule has 0 bridgehead atoms. The molecular weight excluding hydrogens is 428 g/mol. The molecule has 0 saturated carbocycles. The number of fused-ring (bicyclic) bond motifs is 3. The lowest BCUT2D eigenvalue weighted by atomic mass is 9.98. The number of rotatable bonds is 8. The number of aliphatic carboxylic acids is 1. The van der Waals surface area contributed by atoms with Crippen molar-refractivity contribution in [1.82, 2.24) is 10.6 Å². The van der Waals surface area contributed by atoms with Crippen molar-refractivity contribution in [3.05, 3.63) is 59.7 Å². The number of ether oxygens (including phenoxy) is 2. The summed E-state index contributed by atoms with van der Waals surface area (Å²) < 4.78 is 9.89. The molecule has 1 aliphatic carbocycles. The van der Waals surface area contributed by atoms with E-state index in [1.54, 1.807) is 0 Å². The number of benzene rings is 2. The number of methoxy groups -OCH3 is 1. The maximum atomic E-state index is 12.6. The van der Waals surface area contributed by atoms with Crippen LogP contribution < -0.4 is 10.6 Å². The number of carbonyl (C=O) groups is 4. The molecule has 0 unspecified atom stereocenters. The van der Waals surface area contributed by atoms with E-state index in [-0.39, 0.29) is 12.5 Å². The van der Waals surface area contributed by atoms with Crippen molar-refractivity contribution < 1.29 is 33.8 Å². The second-order valence-corrected chi connectivity index (χ2v) is 8.22. The molecule has 0 aromatic heterocycles. The topological polar surface area (TPSA) is 131 Å². The van der Waals surface area contributed by atoms with Crippen LogP contribution in [0.4, 0.5) is 4.79 Å². The van der Waals surface area contributed by atoms with Gasteiger partial charge in [0.05, 0.1) is 13.5 Å². The Bertz CT molecular complexity index is 1030. The Hall–Kier alpha value is -3.88. The van der Waals surface area contributed by atoms with E-state index < -0.39 is 41.9 Å². The molecule has 33 heavy (non-hydrogen) atoms. The SMILES string of the molecule is COC(=O)C[C@H](NC(=O)C(C)(C)NC(=O)OCC1c2ccccc2-c2ccccc21)C(=O)O. The van der Waals surface area contributed by atoms with Crippen molar-refractivity contribution in [3.63, 3.8) is 0 Å². The molecule has 2 amide bonds. The lowest BCUT2D eigenvalue weighted by Gasteiger charge is -2.27. The molecule has 3 N–H and O–H groups in total. The minimum Gasteiger partial charge on any atom is -0.480 e. The zero-order valence-electron chi connectivity index (χ0n) is 18.6. The first kappa shape index (κ1) is 23.8. The summed E-state index contributed by atoms with van der Waals surface area (Å²) in [5.74, 6) is -3.11. The van der Waals surface area contributed by atoms with E-state index in [0.29, 0.717) is 0 Å². The third-order valence-corrected chi connectivity index (χ3v) is 5.53. The quantitative estimate of drug-likeness (QED) is 0.522. The molecule has 3 rings (SSSR count). The van der Waals surface area contributed by atoms with E-state index in [4.69, 9.17) is 4.74 Å². The van der Waals surface area contributed by atoms with Crippen LogP contribution in [-0.2, 0) is 23.9 Å². The van der Waals surface area contributed by atoms with Gasteiger partial charge in [0, 0.05) is 5.92 Å². The molecule has 1 atom stereocenters. The standard InChI is InChI=1S/C24H26N2O7/c1-24(2,22(30)25-19(21(28)29)12-20(27)32-3)26-23(31)33-13-18-16-10-6-4-8-14(16)15-9-5-7-11-17(15)18/h4-11,18-19H,12-13H2,1-3H3,(H,25,30)(H,26,31)(H,28,29)/t19-/m0/s1. The molecule has 9 nitrogen and oxygen atoms in total. The van der Waals surface area contributed by atoms with E-state index in [1.165, 1.54) is 13.8 Å². The first-order valence-corrected chi connectivity index (χ1v) is 10.4. The number of amides is 2. The second kappa shape index (κ2) is 9.72. The largest absolute Gasteiger partial charge is 0.480 e. The molecule has 0 heterocycles. The van der Waals surface area contributed by atoms with Crippen LogP contribution in [0.15, 0.2) is 48.5 Å². The van der Waals surface area contributed by atoms with Gasteiger partial charge in [-0.15, -0.1) is 0 Å². The fourth-order valence-electron chi connectivity index (χ4n) is 3.74. The number of nitrogens with one attached hydrogen (secondary N) is 2. The Balaban J connectivity index is 1.63. The van der Waals surface area contributed by atoms with Crippen LogP contribution >= 0.6 is 0 Å². The number of hydrogen-bond donors (Lipinski definition) is 3. The van der Waals surface area contributed by atoms with Gasteiger partial charge in [0.15, 0.2) is 0 Å². The lowest BCUT2D eigenvalue weighted by Crippen LogP contribution is -2.58. The number of hydrogen-bond acceptors (Lipinski definition) is 6. The molecule has 0 fully saturated rings. The number of alkyl carbamates (subject to hydrolysis) is 1. The third kappa shape index (κ3) is 5.31. The van der Waals surface area contributed by atoms with E-state index in [2.05, 4.69) is 15.4 Å². The third-order valence-electron chi connectivity index (χ3n) is 5.53. The van der Waals surface area contributed by atoms with E-state index in [1.807, 2.05) is 48.5 Å². The van der Waals surface area contributed by atoms with Crippen molar-refractivity contribution in [2.75, 3.05) is 13.7 Å². The molecule has 2 aromatic carbocycles. The van der Waals surface area contributed by atoms with Gasteiger partial charge in [-0.2, -0.15) is 0 Å². The number of carboxylic acids is 1. The molecule has 0 radical (unpaired) electrons. The summed E-state index contributed by atoms with van der Waals surface area (Å²) in [6, 6.07) is 14.3. The number of carboxylic acid groups (broad SMARTS) is 1. The van der Waals surface area contributed by atoms with Gasteiger partial charge >= 0.3 is 18.0 Å². The Morgan fingerprint density at radius 1 is 1.00 bits per heavy atom. The van der Waals surface area contributed by atoms with Gasteiger partial charge in [-0.05, 0) is 36.1 Å². The van der Waals surface area contributed by atoms with Crippen molar-refractivity contribution in [2.45, 2.75) is 37.8 Å². The van der Waals surface area contributed by atoms with Crippen molar-refractivity contribution >= 4 is 23.9 Å². The molecule has 0 spiro atoms. The zero-order chi connectivity index (χ0) is 24.2. The summed E-state index contributed by atoms with van der Waals surface area (Å²) in [7, 11) is 1.12. The summed E-state index contributed by atoms with van der Waals surface area (Å²) >= 11 is 0. The first-order valence-electron chi connectivity index (χ1n) is 10.4. The smallest absolute Gasteiger partial charge is 0.408 e. The zero-order valence-corrected chi connectivity index (χ0v) is 18.6. The average Bonchev–Trinajstić information content (AvgIpc) is 3.10. The van der Waals surface area contributed by atoms with Gasteiger partial charge in [-0.1, -0.05) is 48.5 Å². The predicted molar refractivity (Wildman–Crippen MR) is 118 cm³/mol. The summed E-state index contributed by atoms with van der Waals surface area (Å²) in [5, 5.41) is 13.9. The normalized spacial score (nSPS) is 13.3. The van der Waals surface area contributed by atoms with Crippen LogP contribution in [0.25, 0.3) is 11.1 Å². The molecule has 0 saturated heterocycles. The number of esters is 1. The van der Waals surface area contributed by atoms with Gasteiger partial charge < -0.3 is 25.2 Å². The van der Waals surface area contributed by atoms with Gasteiger partial charge in [0.1, 0.15) is 18.2 Å². The van der Waals surface area contributed by atoms with E-state index >= 15 is 0 Å². The van der Waals surface area contributed by atoms with Gasteiger partial charge in [0.25, 0.3) is 0 Å². The predicted octanol–water partition coefficient (Wildman–Crippen LogP) is 2.44. The van der Waals surface area contributed by atoms with Crippen molar-refractivity contribution in [3.8, 4) is 11.1 Å². The first-order chi connectivity index (χ1) is 15.6. The van der Waals surface area contributed by atoms with Crippen molar-refractivity contribution in [1.29, 1.82) is 0 Å². The van der Waals surface area contributed by atoms with Crippen LogP contribution in [0.1, 0.15) is 37.3 Å². The van der Waals surface area contributed by atoms with Crippen LogP contribution in [0.3, 0.4) is 0 Å². The highest BCUT2D eigenvalue weighted by molar-refractivity contribution is 5.93. The summed E-state index contributed by atoms with van der Waals surface area (Å²) in [6.45, 7) is 2.87. The summed E-state index contributed by atoms with van der Waals surface area (Å²) in [4.78, 5) is 47.8. The monoisotopic (exact) mass is 454 g/mol. The molecule has 1 aliphatic rings. The van der Waals surface area contributed by atoms with Crippen LogP contribution in [0.5, 0.6) is 0 Å². The molecule has 0 aliphatic heterocycles. The molecule has 174 valence electrons. The fraction of sp³-hybridized carbons (Fsp3) is 0.333.